The quantitative estimate of drug-likeness (QED) is 0.159. The van der Waals surface area contributed by atoms with E-state index in [-0.39, 0.29) is 54.5 Å². The maximum absolute atomic E-state index is 14.3. The third-order valence-electron chi connectivity index (χ3n) is 11.0. The van der Waals surface area contributed by atoms with Crippen LogP contribution in [0.15, 0.2) is 18.2 Å². The van der Waals surface area contributed by atoms with Crippen molar-refractivity contribution in [1.29, 1.82) is 0 Å². The maximum Gasteiger partial charge on any atom is 0.245 e. The van der Waals surface area contributed by atoms with Crippen LogP contribution in [-0.2, 0) is 33.4 Å². The average molecular weight is 782 g/mol. The number of carbonyl (C=O) groups excluding carboxylic acids is 5. The smallest absolute Gasteiger partial charge is 0.245 e. The number of nitrogens with one attached hydrogen (secondary N) is 3. The summed E-state index contributed by atoms with van der Waals surface area (Å²) in [7, 11) is 7.81. The molecular weight excluding hydrogens is 716 g/mol. The van der Waals surface area contributed by atoms with Crippen LogP contribution < -0.4 is 16.0 Å². The molecule has 0 aromatic heterocycles. The van der Waals surface area contributed by atoms with Gasteiger partial charge < -0.3 is 40.0 Å². The molecule has 1 aliphatic heterocycles. The van der Waals surface area contributed by atoms with E-state index in [1.807, 2.05) is 41.5 Å². The lowest BCUT2D eigenvalue weighted by atomic mass is 9.89. The minimum Gasteiger partial charge on any atom is -0.380 e. The largest absolute Gasteiger partial charge is 0.380 e. The van der Waals surface area contributed by atoms with E-state index in [0.29, 0.717) is 12.8 Å². The van der Waals surface area contributed by atoms with Crippen LogP contribution in [0.5, 0.6) is 0 Å². The summed E-state index contributed by atoms with van der Waals surface area (Å²) in [6.07, 6.45) is -1.06. The van der Waals surface area contributed by atoms with Crippen LogP contribution in [0, 0.1) is 35.3 Å². The molecule has 10 atom stereocenters. The van der Waals surface area contributed by atoms with E-state index in [9.17, 15) is 32.8 Å². The van der Waals surface area contributed by atoms with Crippen LogP contribution in [0.1, 0.15) is 85.0 Å². The van der Waals surface area contributed by atoms with Gasteiger partial charge in [-0.2, -0.15) is 0 Å². The normalized spacial score (nSPS) is 20.3. The highest BCUT2D eigenvalue weighted by atomic mass is 19.1. The zero-order valence-corrected chi connectivity index (χ0v) is 34.9. The Morgan fingerprint density at radius 1 is 0.891 bits per heavy atom. The number of likely N-dealkylation sites (tertiary alicyclic amines) is 1. The lowest BCUT2D eigenvalue weighted by Crippen LogP contribution is -2.59. The number of rotatable bonds is 21. The molecule has 0 bridgehead atoms. The number of methoxy groups -OCH3 is 3. The fourth-order valence-corrected chi connectivity index (χ4v) is 7.56. The van der Waals surface area contributed by atoms with Gasteiger partial charge in [-0.1, -0.05) is 61.0 Å². The van der Waals surface area contributed by atoms with Crippen LogP contribution >= 0.6 is 0 Å². The zero-order chi connectivity index (χ0) is 41.9. The molecule has 13 nitrogen and oxygen atoms in total. The first-order valence-electron chi connectivity index (χ1n) is 19.2. The summed E-state index contributed by atoms with van der Waals surface area (Å²) >= 11 is 0. The van der Waals surface area contributed by atoms with E-state index in [2.05, 4.69) is 16.0 Å². The van der Waals surface area contributed by atoms with Gasteiger partial charge in [-0.3, -0.25) is 24.0 Å². The van der Waals surface area contributed by atoms with Gasteiger partial charge in [-0.25, -0.2) is 8.78 Å². The minimum absolute atomic E-state index is 0.00568. The highest BCUT2D eigenvalue weighted by Gasteiger charge is 2.46. The number of likely N-dealkylation sites (N-methyl/N-ethyl adjacent to an activating group) is 2. The number of halogens is 2. The summed E-state index contributed by atoms with van der Waals surface area (Å²) in [5.74, 6) is -5.72. The van der Waals surface area contributed by atoms with Crippen molar-refractivity contribution in [1.82, 2.24) is 25.8 Å². The molecule has 2 rings (SSSR count). The Balaban J connectivity index is 2.34. The first-order chi connectivity index (χ1) is 25.8. The van der Waals surface area contributed by atoms with Crippen LogP contribution in [0.3, 0.4) is 0 Å². The molecule has 1 saturated heterocycles. The number of hydrogen-bond acceptors (Lipinski definition) is 9. The van der Waals surface area contributed by atoms with Crippen LogP contribution in [0.2, 0.25) is 0 Å². The number of carbonyl (C=O) groups is 5. The van der Waals surface area contributed by atoms with Crippen molar-refractivity contribution in [3.8, 4) is 0 Å². The van der Waals surface area contributed by atoms with Crippen LogP contribution in [-0.4, -0.2) is 130 Å². The van der Waals surface area contributed by atoms with Gasteiger partial charge in [0.25, 0.3) is 0 Å². The molecule has 15 heteroatoms. The minimum atomic E-state index is -1.25. The molecule has 1 aliphatic rings. The summed E-state index contributed by atoms with van der Waals surface area (Å²) in [4.78, 5) is 71.3. The SMILES string of the molecule is CC[C@H](C)[C@@H]([C@@H](CC(=O)N1C[C@H](OC)C[C@@H]1[C@H](OC)[C@@H](C)C(=O)N[C@H](C)C(=O)c1c(F)cccc1F)OC)N(C)C(=O)[C@@H](NC(=O)[C@@H](NC)C(C)C)C(C)C. The van der Waals surface area contributed by atoms with E-state index < -0.39 is 77.2 Å². The van der Waals surface area contributed by atoms with E-state index >= 15 is 0 Å². The molecule has 1 fully saturated rings. The summed E-state index contributed by atoms with van der Waals surface area (Å²) < 4.78 is 46.1. The Bertz CT molecular complexity index is 1440. The van der Waals surface area contributed by atoms with Crippen molar-refractivity contribution in [2.24, 2.45) is 23.7 Å². The number of hydrogen-bond donors (Lipinski definition) is 3. The molecule has 0 aliphatic carbocycles. The number of ketones is 1. The lowest BCUT2D eigenvalue weighted by molar-refractivity contribution is -0.148. The van der Waals surface area contributed by atoms with Gasteiger partial charge in [0.15, 0.2) is 5.78 Å². The Morgan fingerprint density at radius 2 is 1.47 bits per heavy atom. The van der Waals surface area contributed by atoms with Gasteiger partial charge in [-0.15, -0.1) is 0 Å². The van der Waals surface area contributed by atoms with Gasteiger partial charge >= 0.3 is 0 Å². The van der Waals surface area contributed by atoms with Gasteiger partial charge in [0.1, 0.15) is 17.7 Å². The predicted octanol–water partition coefficient (Wildman–Crippen LogP) is 3.58. The molecule has 1 aromatic rings. The van der Waals surface area contributed by atoms with Gasteiger partial charge in [-0.05, 0) is 50.3 Å². The Labute approximate surface area is 325 Å². The second-order valence-electron chi connectivity index (χ2n) is 15.4. The first-order valence-corrected chi connectivity index (χ1v) is 19.2. The molecular formula is C40H65F2N5O8. The number of Topliss-reactive ketones (excluding diaryl/α,β-unsaturated/α-hetero) is 1. The molecule has 0 unspecified atom stereocenters. The standard InChI is InChI=1S/C40H65F2N5O8/c1-14-23(6)35(46(10)40(52)34(22(4)5)45-39(51)33(43-9)21(2)3)30(54-12)19-31(48)47-20-26(53-11)18-29(47)37(55-13)24(7)38(50)44-25(8)36(49)32-27(41)16-15-17-28(32)42/h15-17,21-26,29-30,33-35,37,43H,14,18-20H2,1-13H3,(H,44,50)(H,45,51)/t23-,24+,25+,26+,29+,30+,33-,34-,35-,37+/m0/s1. The molecule has 55 heavy (non-hydrogen) atoms. The zero-order valence-electron chi connectivity index (χ0n) is 34.9. The predicted molar refractivity (Wildman–Crippen MR) is 205 cm³/mol. The van der Waals surface area contributed by atoms with E-state index in [4.69, 9.17) is 14.2 Å². The second-order valence-corrected chi connectivity index (χ2v) is 15.4. The maximum atomic E-state index is 14.3. The van der Waals surface area contributed by atoms with Crippen LogP contribution in [0.25, 0.3) is 0 Å². The van der Waals surface area contributed by atoms with Crippen molar-refractivity contribution in [3.63, 3.8) is 0 Å². The summed E-state index contributed by atoms with van der Waals surface area (Å²) in [5, 5.41) is 8.53. The van der Waals surface area contributed by atoms with Crippen molar-refractivity contribution in [2.75, 3.05) is 42.0 Å². The highest BCUT2D eigenvalue weighted by Crippen LogP contribution is 2.31. The Kier molecular flexibility index (Phi) is 18.8. The molecule has 1 aromatic carbocycles. The Hall–Kier alpha value is -3.53. The third kappa shape index (κ3) is 11.7. The molecule has 0 spiro atoms. The van der Waals surface area contributed by atoms with E-state index in [1.165, 1.54) is 28.3 Å². The van der Waals surface area contributed by atoms with Crippen molar-refractivity contribution < 1.29 is 47.0 Å². The number of nitrogens with zero attached hydrogens (tertiary/aromatic N) is 2. The summed E-state index contributed by atoms with van der Waals surface area (Å²) in [6.45, 7) is 14.7. The lowest BCUT2D eigenvalue weighted by Gasteiger charge is -2.41. The van der Waals surface area contributed by atoms with E-state index in [0.717, 1.165) is 18.2 Å². The van der Waals surface area contributed by atoms with Crippen molar-refractivity contribution >= 4 is 29.4 Å². The summed E-state index contributed by atoms with van der Waals surface area (Å²) in [5.41, 5.74) is -0.740. The fraction of sp³-hybridized carbons (Fsp3) is 0.725. The molecule has 312 valence electrons. The number of amides is 4. The molecule has 0 radical (unpaired) electrons. The highest BCUT2D eigenvalue weighted by molar-refractivity contribution is 6.02. The Morgan fingerprint density at radius 3 is 1.95 bits per heavy atom. The van der Waals surface area contributed by atoms with Gasteiger partial charge in [0.2, 0.25) is 23.6 Å². The fourth-order valence-electron chi connectivity index (χ4n) is 7.56. The molecule has 0 saturated carbocycles. The van der Waals surface area contributed by atoms with Crippen LogP contribution in [0.4, 0.5) is 8.78 Å². The van der Waals surface area contributed by atoms with Crippen molar-refractivity contribution in [3.05, 3.63) is 35.4 Å². The van der Waals surface area contributed by atoms with Gasteiger partial charge in [0.05, 0.1) is 60.4 Å². The van der Waals surface area contributed by atoms with E-state index in [1.54, 1.807) is 30.8 Å². The first kappa shape index (κ1) is 47.6. The van der Waals surface area contributed by atoms with Crippen molar-refractivity contribution in [2.45, 2.75) is 123 Å². The van der Waals surface area contributed by atoms with Gasteiger partial charge in [0, 0.05) is 34.9 Å². The third-order valence-corrected chi connectivity index (χ3v) is 11.0. The molecule has 3 N–H and O–H groups in total. The molecule has 1 heterocycles. The monoisotopic (exact) mass is 781 g/mol. The summed E-state index contributed by atoms with van der Waals surface area (Å²) in [6, 6.07) is -0.653. The number of ether oxygens (including phenoxy) is 3. The second kappa shape index (κ2) is 21.7. The average Bonchev–Trinajstić information content (AvgIpc) is 3.57. The molecule has 4 amide bonds. The number of benzene rings is 1. The topological polar surface area (TPSA) is 156 Å².